The van der Waals surface area contributed by atoms with Gasteiger partial charge in [0.2, 0.25) is 0 Å². The van der Waals surface area contributed by atoms with Crippen molar-refractivity contribution in [2.75, 3.05) is 12.4 Å². The van der Waals surface area contributed by atoms with E-state index in [9.17, 15) is 4.79 Å². The first kappa shape index (κ1) is 20.5. The Labute approximate surface area is 183 Å². The van der Waals surface area contributed by atoms with Gasteiger partial charge < -0.3 is 24.4 Å². The molecular weight excluding hydrogens is 416 g/mol. The lowest BCUT2D eigenvalue weighted by atomic mass is 10.1. The van der Waals surface area contributed by atoms with Crippen molar-refractivity contribution < 1.29 is 23.8 Å². The van der Waals surface area contributed by atoms with Crippen LogP contribution >= 0.6 is 0 Å². The zero-order valence-corrected chi connectivity index (χ0v) is 17.7. The summed E-state index contributed by atoms with van der Waals surface area (Å²) in [5.74, 6) is -0.766. The predicted molar refractivity (Wildman–Crippen MR) is 113 cm³/mol. The normalized spacial score (nSPS) is 26.5. The van der Waals surface area contributed by atoms with E-state index < -0.39 is 24.2 Å². The molecule has 166 valence electrons. The molecule has 11 heteroatoms. The molecule has 1 N–H and O–H groups in total. The Balaban J connectivity index is 1.47. The summed E-state index contributed by atoms with van der Waals surface area (Å²) in [6, 6.07) is 8.87. The molecule has 11 nitrogen and oxygen atoms in total. The van der Waals surface area contributed by atoms with Crippen LogP contribution in [0, 0.1) is 0 Å². The Bertz CT molecular complexity index is 1160. The van der Waals surface area contributed by atoms with Gasteiger partial charge in [0, 0.05) is 5.56 Å². The number of oxime groups is 1. The number of nitrogens with one attached hydrogen (secondary N) is 1. The van der Waals surface area contributed by atoms with Crippen molar-refractivity contribution in [3.05, 3.63) is 48.5 Å². The highest BCUT2D eigenvalue weighted by atomic mass is 16.8. The lowest BCUT2D eigenvalue weighted by molar-refractivity contribution is -0.188. The Hall–Kier alpha value is -3.41. The first-order valence-electron chi connectivity index (χ1n) is 10.1. The molecule has 4 heterocycles. The third-order valence-electron chi connectivity index (χ3n) is 5.28. The number of hydrogen-bond donors (Lipinski definition) is 1. The number of imidazole rings is 1. The molecule has 0 bridgehead atoms. The van der Waals surface area contributed by atoms with Crippen LogP contribution in [0.2, 0.25) is 0 Å². The van der Waals surface area contributed by atoms with Gasteiger partial charge in [-0.1, -0.05) is 23.4 Å². The van der Waals surface area contributed by atoms with E-state index in [-0.39, 0.29) is 12.0 Å². The lowest BCUT2D eigenvalue weighted by Crippen LogP contribution is -2.30. The molecular formula is C21H22N6O5. The van der Waals surface area contributed by atoms with Gasteiger partial charge in [-0.2, -0.15) is 0 Å². The highest BCUT2D eigenvalue weighted by molar-refractivity contribution is 6.06. The fourth-order valence-electron chi connectivity index (χ4n) is 3.97. The van der Waals surface area contributed by atoms with Crippen LogP contribution in [-0.2, 0) is 19.0 Å². The zero-order chi connectivity index (χ0) is 22.3. The Morgan fingerprint density at radius 1 is 1.19 bits per heavy atom. The van der Waals surface area contributed by atoms with Crippen molar-refractivity contribution in [2.45, 2.75) is 44.2 Å². The second-order valence-electron chi connectivity index (χ2n) is 7.86. The maximum Gasteiger partial charge on any atom is 0.256 e. The van der Waals surface area contributed by atoms with Gasteiger partial charge in [0.25, 0.3) is 5.91 Å². The Morgan fingerprint density at radius 3 is 2.75 bits per heavy atom. The topological polar surface area (TPSA) is 122 Å². The quantitative estimate of drug-likeness (QED) is 0.475. The molecule has 2 aliphatic rings. The van der Waals surface area contributed by atoms with E-state index in [1.807, 2.05) is 19.9 Å². The Morgan fingerprint density at radius 2 is 1.97 bits per heavy atom. The number of benzene rings is 1. The first-order chi connectivity index (χ1) is 15.5. The fraction of sp³-hybridized carbons (Fsp3) is 0.381. The molecule has 2 aromatic heterocycles. The SMILES string of the molecule is CO/N=C/[C@H]1O[C@@H](n2cnc3c(NC(=O)c4ccccc4)ncnc32)[C@@H]2OC(C)(C)O[C@@H]21. The van der Waals surface area contributed by atoms with Crippen LogP contribution in [0.3, 0.4) is 0 Å². The molecule has 2 fully saturated rings. The number of hydrogen-bond acceptors (Lipinski definition) is 9. The highest BCUT2D eigenvalue weighted by Gasteiger charge is 2.56. The summed E-state index contributed by atoms with van der Waals surface area (Å²) >= 11 is 0. The highest BCUT2D eigenvalue weighted by Crippen LogP contribution is 2.43. The number of anilines is 1. The summed E-state index contributed by atoms with van der Waals surface area (Å²) in [5.41, 5.74) is 1.44. The summed E-state index contributed by atoms with van der Waals surface area (Å²) < 4.78 is 20.1. The molecule has 0 spiro atoms. The average molecular weight is 438 g/mol. The minimum absolute atomic E-state index is 0.289. The molecule has 2 aliphatic heterocycles. The van der Waals surface area contributed by atoms with E-state index in [1.54, 1.807) is 41.4 Å². The summed E-state index contributed by atoms with van der Waals surface area (Å²) in [7, 11) is 1.46. The van der Waals surface area contributed by atoms with Crippen LogP contribution in [0.5, 0.6) is 0 Å². The summed E-state index contributed by atoms with van der Waals surface area (Å²) in [6.45, 7) is 3.69. The monoisotopic (exact) mass is 438 g/mol. The van der Waals surface area contributed by atoms with E-state index in [4.69, 9.17) is 19.0 Å². The van der Waals surface area contributed by atoms with Crippen LogP contribution in [-0.4, -0.2) is 62.8 Å². The van der Waals surface area contributed by atoms with Crippen LogP contribution in [0.1, 0.15) is 30.4 Å². The van der Waals surface area contributed by atoms with Crippen LogP contribution in [0.25, 0.3) is 11.2 Å². The first-order valence-corrected chi connectivity index (χ1v) is 10.1. The molecule has 0 saturated carbocycles. The minimum Gasteiger partial charge on any atom is -0.399 e. The number of nitrogens with zero attached hydrogens (tertiary/aromatic N) is 5. The van der Waals surface area contributed by atoms with Crippen LogP contribution < -0.4 is 5.32 Å². The molecule has 1 amide bonds. The number of rotatable bonds is 5. The molecule has 1 aromatic carbocycles. The number of carbonyl (C=O) groups is 1. The molecule has 5 rings (SSSR count). The van der Waals surface area contributed by atoms with Crippen molar-refractivity contribution in [3.8, 4) is 0 Å². The average Bonchev–Trinajstić information content (AvgIpc) is 3.44. The molecule has 4 atom stereocenters. The van der Waals surface area contributed by atoms with Gasteiger partial charge in [0.05, 0.1) is 12.5 Å². The van der Waals surface area contributed by atoms with E-state index in [2.05, 4.69) is 25.4 Å². The largest absolute Gasteiger partial charge is 0.399 e. The standard InChI is InChI=1S/C21H22N6O5/c1-21(2)31-15-13(9-25-29-3)30-20(16(15)32-21)27-11-24-14-17(22-10-23-18(14)27)26-19(28)12-7-5-4-6-8-12/h4-11,13,15-16,20H,1-3H3,(H,22,23,26,28)/b25-9+/t13-,15-,16-,20-/m1/s1. The molecule has 3 aromatic rings. The van der Waals surface area contributed by atoms with Crippen molar-refractivity contribution in [3.63, 3.8) is 0 Å². The van der Waals surface area contributed by atoms with E-state index in [0.717, 1.165) is 0 Å². The number of aromatic nitrogens is 4. The predicted octanol–water partition coefficient (Wildman–Crippen LogP) is 2.13. The second-order valence-corrected chi connectivity index (χ2v) is 7.86. The summed E-state index contributed by atoms with van der Waals surface area (Å²) in [4.78, 5) is 30.4. The van der Waals surface area contributed by atoms with E-state index in [1.165, 1.54) is 13.4 Å². The van der Waals surface area contributed by atoms with Crippen molar-refractivity contribution in [2.24, 2.45) is 5.16 Å². The molecule has 32 heavy (non-hydrogen) atoms. The van der Waals surface area contributed by atoms with Crippen molar-refractivity contribution in [1.82, 2.24) is 19.5 Å². The number of amides is 1. The third kappa shape index (κ3) is 3.60. The molecule has 0 radical (unpaired) electrons. The third-order valence-corrected chi connectivity index (χ3v) is 5.28. The second kappa shape index (κ2) is 7.93. The maximum atomic E-state index is 12.6. The van der Waals surface area contributed by atoms with Gasteiger partial charge in [-0.3, -0.25) is 9.36 Å². The lowest BCUT2D eigenvalue weighted by Gasteiger charge is -2.23. The maximum absolute atomic E-state index is 12.6. The van der Waals surface area contributed by atoms with Gasteiger partial charge in [0.15, 0.2) is 29.0 Å². The number of fused-ring (bicyclic) bond motifs is 2. The van der Waals surface area contributed by atoms with Gasteiger partial charge in [-0.05, 0) is 26.0 Å². The minimum atomic E-state index is -0.781. The van der Waals surface area contributed by atoms with Gasteiger partial charge in [0.1, 0.15) is 31.7 Å². The van der Waals surface area contributed by atoms with E-state index in [0.29, 0.717) is 22.5 Å². The summed E-state index contributed by atoms with van der Waals surface area (Å²) in [5, 5.41) is 6.63. The molecule has 2 saturated heterocycles. The van der Waals surface area contributed by atoms with Gasteiger partial charge in [-0.15, -0.1) is 0 Å². The number of ether oxygens (including phenoxy) is 3. The molecule has 0 aliphatic carbocycles. The zero-order valence-electron chi connectivity index (χ0n) is 17.7. The summed E-state index contributed by atoms with van der Waals surface area (Å²) in [6.07, 6.45) is 2.63. The van der Waals surface area contributed by atoms with Crippen molar-refractivity contribution in [1.29, 1.82) is 0 Å². The van der Waals surface area contributed by atoms with Gasteiger partial charge >= 0.3 is 0 Å². The van der Waals surface area contributed by atoms with Crippen LogP contribution in [0.15, 0.2) is 48.1 Å². The number of carbonyl (C=O) groups excluding carboxylic acids is 1. The van der Waals surface area contributed by atoms with Crippen LogP contribution in [0.4, 0.5) is 5.82 Å². The van der Waals surface area contributed by atoms with E-state index >= 15 is 0 Å². The van der Waals surface area contributed by atoms with Gasteiger partial charge in [-0.25, -0.2) is 15.0 Å². The fourth-order valence-corrected chi connectivity index (χ4v) is 3.97. The Kier molecular flexibility index (Phi) is 5.08. The molecule has 0 unspecified atom stereocenters. The van der Waals surface area contributed by atoms with Crippen molar-refractivity contribution >= 4 is 29.1 Å². The smallest absolute Gasteiger partial charge is 0.256 e.